The zero-order valence-electron chi connectivity index (χ0n) is 13.8. The molecule has 1 rings (SSSR count). The van der Waals surface area contributed by atoms with Gasteiger partial charge in [-0.2, -0.15) is 0 Å². The monoisotopic (exact) mass is 535 g/mol. The summed E-state index contributed by atoms with van der Waals surface area (Å²) in [4.78, 5) is 5.12. The van der Waals surface area contributed by atoms with Crippen LogP contribution in [0.3, 0.4) is 0 Å². The summed E-state index contributed by atoms with van der Waals surface area (Å²) in [7, 11) is 0. The molecule has 1 aromatic carbocycles. The fourth-order valence-corrected chi connectivity index (χ4v) is 2.61. The summed E-state index contributed by atoms with van der Waals surface area (Å²) in [5.74, 6) is 0.740. The van der Waals surface area contributed by atoms with Gasteiger partial charge in [-0.05, 0) is 64.6 Å². The summed E-state index contributed by atoms with van der Waals surface area (Å²) in [6.45, 7) is 5.02. The Morgan fingerprint density at radius 2 is 1.76 bits per heavy atom. The van der Waals surface area contributed by atoms with Crippen LogP contribution in [0, 0.1) is 0 Å². The molecule has 0 atom stereocenters. The maximum atomic E-state index is 6.24. The lowest BCUT2D eigenvalue weighted by Gasteiger charge is -2.14. The van der Waals surface area contributed by atoms with Crippen LogP contribution in [0.5, 0.6) is 11.5 Å². The molecule has 0 aromatic heterocycles. The van der Waals surface area contributed by atoms with Gasteiger partial charge in [-0.15, -0.1) is 0 Å². The molecule has 0 N–H and O–H groups in total. The maximum Gasteiger partial charge on any atom is 0.158 e. The second-order valence-electron chi connectivity index (χ2n) is 5.05. The van der Waals surface area contributed by atoms with Crippen LogP contribution in [0.1, 0.15) is 26.7 Å². The second kappa shape index (κ2) is 12.3. The number of rotatable bonds is 10. The molecule has 0 unspecified atom stereocenters. The van der Waals surface area contributed by atoms with Crippen molar-refractivity contribution in [1.82, 2.24) is 0 Å². The molecular weight excluding hydrogens is 520 g/mol. The summed E-state index contributed by atoms with van der Waals surface area (Å²) < 4.78 is 12.0. The summed E-state index contributed by atoms with van der Waals surface area (Å²) in [6.07, 6.45) is 3.34. The van der Waals surface area contributed by atoms with Crippen molar-refractivity contribution >= 4 is 72.4 Å². The summed E-state index contributed by atoms with van der Waals surface area (Å²) >= 11 is 25.2. The Bertz CT molecular complexity index is 632. The quantitative estimate of drug-likeness (QED) is 0.137. The Morgan fingerprint density at radius 3 is 2.40 bits per heavy atom. The highest BCUT2D eigenvalue weighted by Gasteiger charge is 2.17. The number of unbranched alkanes of at least 4 members (excludes halogenated alkanes) is 1. The predicted octanol–water partition coefficient (Wildman–Crippen LogP) is 7.23. The molecule has 0 aliphatic rings. The molecule has 0 aliphatic carbocycles. The van der Waals surface area contributed by atoms with E-state index in [1.54, 1.807) is 12.1 Å². The van der Waals surface area contributed by atoms with Gasteiger partial charge in [0, 0.05) is 6.07 Å². The molecule has 0 heterocycles. The minimum absolute atomic E-state index is 0.230. The highest BCUT2D eigenvalue weighted by atomic mass is 79.9. The van der Waals surface area contributed by atoms with Gasteiger partial charge in [0.05, 0.1) is 20.7 Å². The molecule has 0 radical (unpaired) electrons. The highest BCUT2D eigenvalue weighted by Crippen LogP contribution is 2.44. The fourth-order valence-electron chi connectivity index (χ4n) is 1.61. The molecule has 9 heteroatoms. The smallest absolute Gasteiger partial charge is 0.158 e. The number of hydrogen-bond acceptors (Lipinski definition) is 4. The number of halogens is 5. The molecule has 0 fully saturated rings. The van der Waals surface area contributed by atoms with Gasteiger partial charge in [0.25, 0.3) is 0 Å². The van der Waals surface area contributed by atoms with Gasteiger partial charge < -0.3 is 14.3 Å². The largest absolute Gasteiger partial charge is 0.490 e. The first-order valence-electron chi connectivity index (χ1n) is 7.40. The Kier molecular flexibility index (Phi) is 11.3. The van der Waals surface area contributed by atoms with E-state index >= 15 is 0 Å². The first kappa shape index (κ1) is 22.9. The van der Waals surface area contributed by atoms with Crippen molar-refractivity contribution in [2.75, 3.05) is 19.8 Å². The van der Waals surface area contributed by atoms with Gasteiger partial charge in [0.1, 0.15) is 29.0 Å². The lowest BCUT2D eigenvalue weighted by Crippen LogP contribution is -2.02. The SMILES string of the molecule is CC(C)=NOCCCCOc1c(Cl)cc(OCC=C(Br)Br)c(Cl)c1Cl. The van der Waals surface area contributed by atoms with Crippen LogP contribution in [0.25, 0.3) is 0 Å². The molecule has 0 amide bonds. The van der Waals surface area contributed by atoms with E-state index in [1.807, 2.05) is 13.8 Å². The average Bonchev–Trinajstić information content (AvgIpc) is 2.53. The number of ether oxygens (including phenoxy) is 2. The topological polar surface area (TPSA) is 40.0 Å². The second-order valence-corrected chi connectivity index (χ2v) is 8.98. The summed E-state index contributed by atoms with van der Waals surface area (Å²) in [6, 6.07) is 1.59. The standard InChI is InChI=1S/C16H18Br2Cl3NO3/c1-10(2)22-25-7-4-3-6-24-16-11(19)9-12(14(20)15(16)21)23-8-5-13(17)18/h5,9H,3-4,6-8H2,1-2H3. The molecule has 0 saturated carbocycles. The van der Waals surface area contributed by atoms with E-state index in [0.29, 0.717) is 36.3 Å². The van der Waals surface area contributed by atoms with Crippen LogP contribution in [-0.4, -0.2) is 25.5 Å². The predicted molar refractivity (Wildman–Crippen MR) is 112 cm³/mol. The van der Waals surface area contributed by atoms with Crippen LogP contribution < -0.4 is 9.47 Å². The Labute approximate surface area is 179 Å². The van der Waals surface area contributed by atoms with Crippen molar-refractivity contribution in [3.63, 3.8) is 0 Å². The van der Waals surface area contributed by atoms with E-state index < -0.39 is 0 Å². The molecule has 25 heavy (non-hydrogen) atoms. The molecule has 0 bridgehead atoms. The minimum atomic E-state index is 0.230. The fraction of sp³-hybridized carbons (Fsp3) is 0.438. The first-order chi connectivity index (χ1) is 11.8. The van der Waals surface area contributed by atoms with Crippen molar-refractivity contribution < 1.29 is 14.3 Å². The molecule has 4 nitrogen and oxygen atoms in total. The van der Waals surface area contributed by atoms with Gasteiger partial charge >= 0.3 is 0 Å². The number of oxime groups is 1. The number of hydrogen-bond donors (Lipinski definition) is 0. The van der Waals surface area contributed by atoms with Gasteiger partial charge in [-0.25, -0.2) is 0 Å². The van der Waals surface area contributed by atoms with Crippen molar-refractivity contribution in [2.24, 2.45) is 5.16 Å². The van der Waals surface area contributed by atoms with E-state index in [2.05, 4.69) is 37.0 Å². The molecule has 140 valence electrons. The van der Waals surface area contributed by atoms with Gasteiger partial charge in [0.15, 0.2) is 5.75 Å². The third-order valence-corrected chi connectivity index (χ3v) is 4.44. The molecule has 1 aromatic rings. The minimum Gasteiger partial charge on any atom is -0.490 e. The van der Waals surface area contributed by atoms with Crippen molar-refractivity contribution in [1.29, 1.82) is 0 Å². The van der Waals surface area contributed by atoms with Crippen LogP contribution in [0.2, 0.25) is 15.1 Å². The zero-order valence-corrected chi connectivity index (χ0v) is 19.2. The highest BCUT2D eigenvalue weighted by molar-refractivity contribution is 9.28. The summed E-state index contributed by atoms with van der Waals surface area (Å²) in [5.41, 5.74) is 0.880. The van der Waals surface area contributed by atoms with E-state index in [1.165, 1.54) is 0 Å². The molecule has 0 spiro atoms. The van der Waals surface area contributed by atoms with Crippen LogP contribution in [0.4, 0.5) is 0 Å². The van der Waals surface area contributed by atoms with E-state index in [4.69, 9.17) is 49.1 Å². The Balaban J connectivity index is 2.56. The third kappa shape index (κ3) is 8.87. The van der Waals surface area contributed by atoms with Crippen LogP contribution in [0.15, 0.2) is 20.7 Å². The average molecular weight is 538 g/mol. The van der Waals surface area contributed by atoms with Gasteiger partial charge in [-0.1, -0.05) is 40.0 Å². The summed E-state index contributed by atoms with van der Waals surface area (Å²) in [5, 5.41) is 4.69. The molecule has 0 saturated heterocycles. The third-order valence-electron chi connectivity index (χ3n) is 2.68. The maximum absolute atomic E-state index is 6.24. The zero-order chi connectivity index (χ0) is 18.8. The lowest BCUT2D eigenvalue weighted by atomic mass is 10.3. The van der Waals surface area contributed by atoms with Crippen molar-refractivity contribution in [3.8, 4) is 11.5 Å². The lowest BCUT2D eigenvalue weighted by molar-refractivity contribution is 0.135. The van der Waals surface area contributed by atoms with E-state index in [0.717, 1.165) is 21.9 Å². The van der Waals surface area contributed by atoms with E-state index in [-0.39, 0.29) is 10.0 Å². The van der Waals surface area contributed by atoms with Crippen molar-refractivity contribution in [2.45, 2.75) is 26.7 Å². The normalized spacial score (nSPS) is 10.2. The Hall–Kier alpha value is -0.140. The molecular formula is C16H18Br2Cl3NO3. The van der Waals surface area contributed by atoms with Crippen LogP contribution in [-0.2, 0) is 4.84 Å². The van der Waals surface area contributed by atoms with Crippen LogP contribution >= 0.6 is 66.7 Å². The van der Waals surface area contributed by atoms with Crippen molar-refractivity contribution in [3.05, 3.63) is 30.6 Å². The Morgan fingerprint density at radius 1 is 1.08 bits per heavy atom. The number of benzene rings is 1. The van der Waals surface area contributed by atoms with Gasteiger partial charge in [0.2, 0.25) is 0 Å². The van der Waals surface area contributed by atoms with Gasteiger partial charge in [-0.3, -0.25) is 0 Å². The number of nitrogens with zero attached hydrogens (tertiary/aromatic N) is 1. The first-order valence-corrected chi connectivity index (χ1v) is 10.1. The van der Waals surface area contributed by atoms with E-state index in [9.17, 15) is 0 Å². The molecule has 0 aliphatic heterocycles.